The Morgan fingerprint density at radius 1 is 1.05 bits per heavy atom. The molecule has 10 nitrogen and oxygen atoms in total. The zero-order valence-corrected chi connectivity index (χ0v) is 22.2. The molecule has 0 aliphatic carbocycles. The van der Waals surface area contributed by atoms with Crippen LogP contribution in [0.2, 0.25) is 0 Å². The molecule has 0 unspecified atom stereocenters. The van der Waals surface area contributed by atoms with Crippen molar-refractivity contribution in [1.29, 1.82) is 0 Å². The molecule has 0 saturated carbocycles. The third-order valence-electron chi connectivity index (χ3n) is 6.60. The van der Waals surface area contributed by atoms with Gasteiger partial charge in [0.2, 0.25) is 5.91 Å². The fourth-order valence-electron chi connectivity index (χ4n) is 4.72. The molecule has 0 aliphatic rings. The van der Waals surface area contributed by atoms with Gasteiger partial charge in [-0.3, -0.25) is 14.0 Å². The minimum absolute atomic E-state index is 0.0638. The first-order chi connectivity index (χ1) is 19.4. The number of primary amides is 1. The van der Waals surface area contributed by atoms with Crippen LogP contribution in [0.25, 0.3) is 22.6 Å². The molecular formula is C28H24F3N7O3. The third-order valence-corrected chi connectivity index (χ3v) is 6.60. The Hall–Kier alpha value is -5.20. The summed E-state index contributed by atoms with van der Waals surface area (Å²) in [6.07, 6.45) is -4.40. The number of aryl methyl sites for hydroxylation is 3. The number of nitrogens with one attached hydrogen (secondary N) is 1. The Bertz CT molecular complexity index is 1880. The summed E-state index contributed by atoms with van der Waals surface area (Å²) in [6.45, 7) is 3.50. The van der Waals surface area contributed by atoms with Gasteiger partial charge in [0.25, 0.3) is 5.91 Å². The number of hydrogen-bond donors (Lipinski definition) is 2. The van der Waals surface area contributed by atoms with Crippen LogP contribution in [0.5, 0.6) is 0 Å². The minimum Gasteiger partial charge on any atom is -0.366 e. The Morgan fingerprint density at radius 2 is 1.76 bits per heavy atom. The van der Waals surface area contributed by atoms with Gasteiger partial charge in [-0.1, -0.05) is 25.1 Å². The van der Waals surface area contributed by atoms with Gasteiger partial charge in [0.1, 0.15) is 17.2 Å². The van der Waals surface area contributed by atoms with Crippen LogP contribution >= 0.6 is 0 Å². The summed E-state index contributed by atoms with van der Waals surface area (Å²) in [5.41, 5.74) is 5.94. The van der Waals surface area contributed by atoms with E-state index in [0.717, 1.165) is 12.1 Å². The second kappa shape index (κ2) is 10.1. The predicted molar refractivity (Wildman–Crippen MR) is 145 cm³/mol. The number of hydrogen-bond acceptors (Lipinski definition) is 5. The first-order valence-electron chi connectivity index (χ1n) is 12.5. The largest absolute Gasteiger partial charge is 0.416 e. The molecule has 41 heavy (non-hydrogen) atoms. The van der Waals surface area contributed by atoms with Gasteiger partial charge in [-0.2, -0.15) is 18.3 Å². The normalized spacial score (nSPS) is 11.7. The van der Waals surface area contributed by atoms with Crippen molar-refractivity contribution in [1.82, 2.24) is 23.7 Å². The van der Waals surface area contributed by atoms with E-state index in [-0.39, 0.29) is 28.3 Å². The van der Waals surface area contributed by atoms with Gasteiger partial charge < -0.3 is 11.1 Å². The van der Waals surface area contributed by atoms with E-state index in [1.807, 2.05) is 0 Å². The number of aromatic nitrogens is 5. The summed E-state index contributed by atoms with van der Waals surface area (Å²) in [4.78, 5) is 41.9. The van der Waals surface area contributed by atoms with Crippen molar-refractivity contribution in [3.63, 3.8) is 0 Å². The first-order valence-corrected chi connectivity index (χ1v) is 12.5. The van der Waals surface area contributed by atoms with Gasteiger partial charge in [0.05, 0.1) is 22.6 Å². The summed E-state index contributed by atoms with van der Waals surface area (Å²) in [7, 11) is 1.54. The average molecular weight is 564 g/mol. The molecule has 3 aromatic heterocycles. The highest BCUT2D eigenvalue weighted by Gasteiger charge is 2.33. The molecule has 3 N–H and O–H groups in total. The van der Waals surface area contributed by atoms with Crippen LogP contribution in [0.4, 0.5) is 18.9 Å². The summed E-state index contributed by atoms with van der Waals surface area (Å²) < 4.78 is 45.6. The molecule has 0 atom stereocenters. The molecule has 2 aromatic carbocycles. The summed E-state index contributed by atoms with van der Waals surface area (Å²) in [5, 5.41) is 6.68. The van der Waals surface area contributed by atoms with Crippen molar-refractivity contribution < 1.29 is 22.8 Å². The maximum absolute atomic E-state index is 13.9. The molecule has 3 heterocycles. The SMILES string of the molecule is CCc1c(-c2ccc(-n3c(C)nn(C)c3=O)cc2)nc2cc(C(F)(F)F)cc(C(=O)Nc3cccc(C(N)=O)c3)n12. The number of benzene rings is 2. The second-order valence-electron chi connectivity index (χ2n) is 9.32. The van der Waals surface area contributed by atoms with Crippen LogP contribution in [0.1, 0.15) is 44.9 Å². The highest BCUT2D eigenvalue weighted by molar-refractivity contribution is 6.04. The molecule has 210 valence electrons. The molecule has 0 aliphatic heterocycles. The van der Waals surface area contributed by atoms with Crippen LogP contribution < -0.4 is 16.7 Å². The number of fused-ring (bicyclic) bond motifs is 1. The zero-order valence-electron chi connectivity index (χ0n) is 22.2. The van der Waals surface area contributed by atoms with Crippen molar-refractivity contribution in [2.75, 3.05) is 5.32 Å². The van der Waals surface area contributed by atoms with E-state index < -0.39 is 23.6 Å². The molecule has 0 radical (unpaired) electrons. The van der Waals surface area contributed by atoms with Gasteiger partial charge in [-0.05, 0) is 55.8 Å². The summed E-state index contributed by atoms with van der Waals surface area (Å²) >= 11 is 0. The van der Waals surface area contributed by atoms with Gasteiger partial charge in [0, 0.05) is 23.9 Å². The molecule has 2 amide bonds. The van der Waals surface area contributed by atoms with E-state index in [4.69, 9.17) is 5.73 Å². The van der Waals surface area contributed by atoms with E-state index in [1.165, 1.54) is 37.9 Å². The van der Waals surface area contributed by atoms with E-state index >= 15 is 0 Å². The highest BCUT2D eigenvalue weighted by Crippen LogP contribution is 2.34. The van der Waals surface area contributed by atoms with Crippen molar-refractivity contribution in [2.45, 2.75) is 26.4 Å². The Kier molecular flexibility index (Phi) is 6.73. The number of carbonyl (C=O) groups excluding carboxylic acids is 2. The highest BCUT2D eigenvalue weighted by atomic mass is 19.4. The number of nitrogens with zero attached hydrogens (tertiary/aromatic N) is 5. The van der Waals surface area contributed by atoms with Crippen molar-refractivity contribution in [2.24, 2.45) is 12.8 Å². The molecule has 5 aromatic rings. The number of carbonyl (C=O) groups is 2. The minimum atomic E-state index is -4.74. The van der Waals surface area contributed by atoms with Crippen molar-refractivity contribution >= 4 is 23.1 Å². The molecule has 0 fully saturated rings. The first kappa shape index (κ1) is 27.4. The van der Waals surface area contributed by atoms with Crippen molar-refractivity contribution in [3.8, 4) is 16.9 Å². The predicted octanol–water partition coefficient (Wildman–Crippen LogP) is 4.13. The number of rotatable bonds is 6. The van der Waals surface area contributed by atoms with Gasteiger partial charge in [-0.25, -0.2) is 19.0 Å². The standard InChI is InChI=1S/C28H24F3N7O3/c1-4-21-24(16-8-10-20(11-9-16)37-15(2)35-36(3)27(37)41)34-23-14-18(28(29,30)31)13-22(38(21)23)26(40)33-19-7-5-6-17(12-19)25(32)39/h5-14H,4H2,1-3H3,(H2,32,39)(H,33,40). The van der Waals surface area contributed by atoms with Crippen LogP contribution in [0, 0.1) is 6.92 Å². The van der Waals surface area contributed by atoms with E-state index in [0.29, 0.717) is 34.9 Å². The average Bonchev–Trinajstić information content (AvgIpc) is 3.43. The third kappa shape index (κ3) is 4.97. The monoisotopic (exact) mass is 563 g/mol. The quantitative estimate of drug-likeness (QED) is 0.321. The lowest BCUT2D eigenvalue weighted by Crippen LogP contribution is -2.21. The maximum atomic E-state index is 13.9. The Labute approximate surface area is 230 Å². The summed E-state index contributed by atoms with van der Waals surface area (Å²) in [6, 6.07) is 14.2. The number of alkyl halides is 3. The zero-order chi connectivity index (χ0) is 29.6. The maximum Gasteiger partial charge on any atom is 0.416 e. The second-order valence-corrected chi connectivity index (χ2v) is 9.32. The lowest BCUT2D eigenvalue weighted by atomic mass is 10.1. The fourth-order valence-corrected chi connectivity index (χ4v) is 4.72. The van der Waals surface area contributed by atoms with E-state index in [2.05, 4.69) is 15.4 Å². The summed E-state index contributed by atoms with van der Waals surface area (Å²) in [5.74, 6) is -1.06. The lowest BCUT2D eigenvalue weighted by molar-refractivity contribution is -0.137. The molecule has 0 saturated heterocycles. The van der Waals surface area contributed by atoms with Gasteiger partial charge >= 0.3 is 11.9 Å². The number of pyridine rings is 1. The smallest absolute Gasteiger partial charge is 0.366 e. The molecule has 13 heteroatoms. The number of anilines is 1. The number of imidazole rings is 1. The fraction of sp³-hybridized carbons (Fsp3) is 0.179. The number of halogens is 3. The van der Waals surface area contributed by atoms with E-state index in [1.54, 1.807) is 45.2 Å². The van der Waals surface area contributed by atoms with Gasteiger partial charge in [-0.15, -0.1) is 0 Å². The molecule has 0 spiro atoms. The Morgan fingerprint density at radius 3 is 2.34 bits per heavy atom. The van der Waals surface area contributed by atoms with Crippen LogP contribution in [0.3, 0.4) is 0 Å². The Balaban J connectivity index is 1.63. The van der Waals surface area contributed by atoms with Crippen LogP contribution in [-0.4, -0.2) is 35.5 Å². The topological polar surface area (TPSA) is 129 Å². The number of nitrogens with two attached hydrogens (primary N) is 1. The molecular weight excluding hydrogens is 539 g/mol. The van der Waals surface area contributed by atoms with Crippen molar-refractivity contribution in [3.05, 3.63) is 99.5 Å². The lowest BCUT2D eigenvalue weighted by Gasteiger charge is -2.14. The van der Waals surface area contributed by atoms with Crippen LogP contribution in [-0.2, 0) is 19.6 Å². The molecule has 0 bridgehead atoms. The van der Waals surface area contributed by atoms with Crippen LogP contribution in [0.15, 0.2) is 65.5 Å². The van der Waals surface area contributed by atoms with Gasteiger partial charge in [0.15, 0.2) is 0 Å². The van der Waals surface area contributed by atoms with E-state index in [9.17, 15) is 27.6 Å². The molecule has 5 rings (SSSR count). The number of amides is 2.